The number of nitrogens with two attached hydrogens (primary N) is 2. The molecule has 14 N–H and O–H groups in total. The summed E-state index contributed by atoms with van der Waals surface area (Å²) >= 11 is 26.1. The predicted molar refractivity (Wildman–Crippen MR) is 515 cm³/mol. The first-order chi connectivity index (χ1) is 63.4. The highest BCUT2D eigenvalue weighted by Gasteiger charge is 2.61. The molecule has 132 heavy (non-hydrogen) atoms. The van der Waals surface area contributed by atoms with E-state index in [0.29, 0.717) is 86.8 Å². The standard InChI is InChI=1S/2C24H22BrClN4O3.2C24H25BrN6O2/c2*1-12-15-4-5-30(23(15)28-11-27-12)18-8-24(21(32)20(18)31)9-19(33-10-24)14-3-2-13-6-16(25)22(26)29-17(13)7-14;2*1-12-15-4-5-31(23(15)29-11-28-12)19-9-24(21(33)20(19)32)8-18(27-10-24)14-3-2-13-6-16(25)22(26)30-17(13)7-14/h2*2-7,11,18-21,31-32H,8-10H2,1H3;2*2-7,11,18-21,27,32-33H,8-10H2,1H3,(H2,26,30)/t18-,19+,20+,21+,24-;18-,19-,20+,21+,24-;18-,19+,20-,21-,24-;18-,19-,20+,21+,24+/m1101/s1. The lowest BCUT2D eigenvalue weighted by atomic mass is 9.80. The van der Waals surface area contributed by atoms with Gasteiger partial charge in [-0.1, -0.05) is 71.7 Å². The van der Waals surface area contributed by atoms with E-state index in [1.165, 1.54) is 12.7 Å². The number of fused-ring (bicyclic) bond motifs is 8. The van der Waals surface area contributed by atoms with Crippen LogP contribution in [-0.2, 0) is 9.47 Å². The lowest BCUT2D eigenvalue weighted by molar-refractivity contribution is -0.0309. The summed E-state index contributed by atoms with van der Waals surface area (Å²) in [6.45, 7) is 9.81. The number of pyridine rings is 4. The van der Waals surface area contributed by atoms with Gasteiger partial charge in [-0.05, 0) is 238 Å². The first-order valence-corrected chi connectivity index (χ1v) is 47.9. The average Bonchev–Trinajstić information content (AvgIpc) is 1.59. The maximum atomic E-state index is 11.2. The van der Waals surface area contributed by atoms with Crippen molar-refractivity contribution in [2.75, 3.05) is 37.8 Å². The quantitative estimate of drug-likeness (QED) is 0.0629. The summed E-state index contributed by atoms with van der Waals surface area (Å²) in [4.78, 5) is 52.7. The Morgan fingerprint density at radius 2 is 0.629 bits per heavy atom. The van der Waals surface area contributed by atoms with E-state index in [2.05, 4.69) is 158 Å². The van der Waals surface area contributed by atoms with Crippen molar-refractivity contribution < 1.29 is 50.3 Å². The summed E-state index contributed by atoms with van der Waals surface area (Å²) < 4.78 is 23.4. The van der Waals surface area contributed by atoms with Crippen molar-refractivity contribution in [3.63, 3.8) is 0 Å². The maximum absolute atomic E-state index is 11.2. The number of aliphatic hydroxyl groups is 8. The minimum absolute atomic E-state index is 0.0626. The van der Waals surface area contributed by atoms with Gasteiger partial charge in [0.25, 0.3) is 0 Å². The van der Waals surface area contributed by atoms with Gasteiger partial charge in [0.15, 0.2) is 0 Å². The van der Waals surface area contributed by atoms with E-state index >= 15 is 0 Å². The third-order valence-corrected chi connectivity index (χ3v) is 33.3. The second-order valence-electron chi connectivity index (χ2n) is 37.3. The second-order valence-corrected chi connectivity index (χ2v) is 41.4. The van der Waals surface area contributed by atoms with Crippen LogP contribution in [0.25, 0.3) is 87.7 Å². The van der Waals surface area contributed by atoms with Crippen molar-refractivity contribution in [1.82, 2.24) is 88.7 Å². The van der Waals surface area contributed by atoms with Crippen LogP contribution in [0.2, 0.25) is 10.3 Å². The van der Waals surface area contributed by atoms with Gasteiger partial charge in [-0.3, -0.25) is 0 Å². The first kappa shape index (κ1) is 89.2. The molecule has 20 atom stereocenters. The Balaban J connectivity index is 0.000000106. The van der Waals surface area contributed by atoms with Crippen LogP contribution < -0.4 is 22.1 Å². The molecule has 30 nitrogen and oxygen atoms in total. The first-order valence-electron chi connectivity index (χ1n) is 43.9. The van der Waals surface area contributed by atoms with Crippen LogP contribution in [0, 0.1) is 49.4 Å². The number of anilines is 2. The van der Waals surface area contributed by atoms with Crippen molar-refractivity contribution in [3.05, 3.63) is 245 Å². The van der Waals surface area contributed by atoms with Crippen molar-refractivity contribution in [2.45, 2.75) is 176 Å². The van der Waals surface area contributed by atoms with Gasteiger partial charge >= 0.3 is 0 Å². The third-order valence-electron chi connectivity index (χ3n) is 29.8. The molecule has 680 valence electrons. The van der Waals surface area contributed by atoms with Gasteiger partial charge in [-0.15, -0.1) is 0 Å². The monoisotopic (exact) mass is 2070 g/mol. The van der Waals surface area contributed by atoms with Crippen LogP contribution in [0.5, 0.6) is 0 Å². The highest BCUT2D eigenvalue weighted by Crippen LogP contribution is 2.59. The van der Waals surface area contributed by atoms with Crippen LogP contribution in [0.15, 0.2) is 189 Å². The number of ether oxygens (including phenoxy) is 2. The molecule has 8 aliphatic rings. The number of aromatic nitrogens is 16. The van der Waals surface area contributed by atoms with Crippen molar-refractivity contribution in [2.24, 2.45) is 21.7 Å². The van der Waals surface area contributed by atoms with Gasteiger partial charge in [0.2, 0.25) is 0 Å². The SMILES string of the molecule is Cc1ncnc2c1ccn2[C@@H]1C[C@@]2(CN[C@@H](c3ccc4cc(Br)c(N)nc4c3)C2)[C@@H](O)[C@H]1O.Cc1ncnc2c1ccn2[C@@H]1C[C@@]2(CN[C@H](c3ccc4cc(Br)c(N)nc4c3)C2)[C@@H](O)[C@H]1O.Cc1ncnc2c1ccn2[C@@H]1C[C@@]2(CO[C@@H](c3ccc4cc(Br)c(Cl)nc4c3)C2)[C@@H](O)[C@H]1O.Cc1ncnc2c1ccn2[C@@H]1C[C@@]2(CO[C@H](c3ccc4cc(Br)c(Cl)nc4c3)C2)[C@@H](O)[C@H]1O. The molecule has 0 unspecified atom stereocenters. The molecular weight excluding hydrogens is 1980 g/mol. The molecule has 0 amide bonds. The summed E-state index contributed by atoms with van der Waals surface area (Å²) in [7, 11) is 0. The van der Waals surface area contributed by atoms with Crippen LogP contribution in [0.3, 0.4) is 0 Å². The minimum Gasteiger partial charge on any atom is -0.390 e. The molecule has 36 heteroatoms. The molecule has 8 fully saturated rings. The lowest BCUT2D eigenvalue weighted by Gasteiger charge is -2.27. The highest BCUT2D eigenvalue weighted by atomic mass is 79.9. The molecule has 24 rings (SSSR count). The lowest BCUT2D eigenvalue weighted by Crippen LogP contribution is -2.38. The number of halogens is 6. The number of nitrogen functional groups attached to an aromatic ring is 2. The van der Waals surface area contributed by atoms with Gasteiger partial charge in [0.1, 0.15) is 94.3 Å². The number of aryl methyl sites for hydroxylation is 4. The van der Waals surface area contributed by atoms with Crippen LogP contribution in [0.4, 0.5) is 11.6 Å². The smallest absolute Gasteiger partial charge is 0.143 e. The van der Waals surface area contributed by atoms with Gasteiger partial charge < -0.3 is 90.7 Å². The Hall–Kier alpha value is -9.38. The molecule has 16 aromatic rings. The van der Waals surface area contributed by atoms with E-state index in [1.807, 2.05) is 168 Å². The van der Waals surface area contributed by atoms with Crippen LogP contribution >= 0.6 is 86.9 Å². The fourth-order valence-electron chi connectivity index (χ4n) is 22.5. The largest absolute Gasteiger partial charge is 0.390 e. The Morgan fingerprint density at radius 3 is 0.955 bits per heavy atom. The molecule has 4 aromatic carbocycles. The van der Waals surface area contributed by atoms with Gasteiger partial charge in [-0.2, -0.15) is 0 Å². The number of nitrogens with zero attached hydrogens (tertiary/aromatic N) is 16. The Morgan fingerprint density at radius 1 is 0.348 bits per heavy atom. The highest BCUT2D eigenvalue weighted by molar-refractivity contribution is 9.11. The molecule has 16 heterocycles. The normalized spacial score (nSPS) is 29.6. The zero-order chi connectivity index (χ0) is 91.6. The molecule has 4 aliphatic carbocycles. The van der Waals surface area contributed by atoms with E-state index in [4.69, 9.17) is 44.1 Å². The number of hydrogen-bond donors (Lipinski definition) is 12. The van der Waals surface area contributed by atoms with E-state index < -0.39 is 70.5 Å². The topological polar surface area (TPSA) is 431 Å². The van der Waals surface area contributed by atoms with E-state index in [9.17, 15) is 40.9 Å². The molecule has 12 aromatic heterocycles. The Bertz CT molecular complexity index is 6420. The van der Waals surface area contributed by atoms with E-state index in [0.717, 1.165) is 164 Å². The van der Waals surface area contributed by atoms with Crippen molar-refractivity contribution in [3.8, 4) is 0 Å². The molecule has 4 aliphatic heterocycles. The van der Waals surface area contributed by atoms with E-state index in [-0.39, 0.29) is 48.5 Å². The third kappa shape index (κ3) is 15.4. The van der Waals surface area contributed by atoms with Crippen molar-refractivity contribution in [1.29, 1.82) is 0 Å². The maximum Gasteiger partial charge on any atom is 0.143 e. The summed E-state index contributed by atoms with van der Waals surface area (Å²) in [5, 5.41) is 105. The number of rotatable bonds is 8. The fourth-order valence-corrected chi connectivity index (χ4v) is 24.1. The summed E-state index contributed by atoms with van der Waals surface area (Å²) in [6, 6.07) is 39.2. The predicted octanol–water partition coefficient (Wildman–Crippen LogP) is 15.1. The summed E-state index contributed by atoms with van der Waals surface area (Å²) in [5.41, 5.74) is 24.2. The van der Waals surface area contributed by atoms with Crippen LogP contribution in [-0.4, -0.2) is 194 Å². The zero-order valence-corrected chi connectivity index (χ0v) is 79.7. The Kier molecular flexibility index (Phi) is 23.3. The molecule has 4 saturated heterocycles. The van der Waals surface area contributed by atoms with Gasteiger partial charge in [0.05, 0.1) is 137 Å². The average molecular weight is 2080 g/mol. The van der Waals surface area contributed by atoms with Crippen molar-refractivity contribution >= 4 is 186 Å². The molecular formula is C96H94Br4Cl2N20O10. The van der Waals surface area contributed by atoms with Gasteiger partial charge in [-0.25, -0.2) is 59.8 Å². The molecule has 0 radical (unpaired) electrons. The summed E-state index contributed by atoms with van der Waals surface area (Å²) in [5.74, 6) is 0.927. The number of aliphatic hydroxyl groups excluding tert-OH is 8. The minimum atomic E-state index is -0.910. The molecule has 4 spiro atoms. The zero-order valence-electron chi connectivity index (χ0n) is 71.9. The Labute approximate surface area is 799 Å². The summed E-state index contributed by atoms with van der Waals surface area (Å²) in [6.07, 6.45) is 11.8. The molecule has 4 saturated carbocycles. The van der Waals surface area contributed by atoms with Crippen LogP contribution in [0.1, 0.15) is 145 Å². The number of hydrogen-bond acceptors (Lipinski definition) is 26. The number of nitrogens with one attached hydrogen (secondary N) is 2. The number of benzene rings is 4. The van der Waals surface area contributed by atoms with Gasteiger partial charge in [0, 0.05) is 115 Å². The second kappa shape index (κ2) is 34.5. The van der Waals surface area contributed by atoms with E-state index in [1.54, 1.807) is 12.7 Å². The fraction of sp³-hybridized carbons (Fsp3) is 0.375. The molecule has 0 bridgehead atoms.